The number of nitrogens with zero attached hydrogens (tertiary/aromatic N) is 1. The molecule has 1 aromatic rings. The van der Waals surface area contributed by atoms with E-state index in [2.05, 4.69) is 34.7 Å². The SMILES string of the molecule is CC(C)CN1CCC(O)(Cc2ccc(F)c(Br)c2)CC1. The molecule has 1 aliphatic heterocycles. The molecule has 0 spiro atoms. The smallest absolute Gasteiger partial charge is 0.137 e. The second kappa shape index (κ2) is 6.54. The quantitative estimate of drug-likeness (QED) is 0.902. The van der Waals surface area contributed by atoms with E-state index >= 15 is 0 Å². The molecule has 2 nitrogen and oxygen atoms in total. The van der Waals surface area contributed by atoms with Crippen LogP contribution in [-0.4, -0.2) is 35.2 Å². The second-order valence-corrected chi connectivity index (χ2v) is 7.20. The normalized spacial score (nSPS) is 19.5. The zero-order valence-corrected chi connectivity index (χ0v) is 13.8. The highest BCUT2D eigenvalue weighted by Gasteiger charge is 2.32. The lowest BCUT2D eigenvalue weighted by Gasteiger charge is -2.39. The molecule has 1 heterocycles. The van der Waals surface area contributed by atoms with E-state index in [1.807, 2.05) is 0 Å². The molecule has 2 rings (SSSR count). The van der Waals surface area contributed by atoms with Gasteiger partial charge in [0.1, 0.15) is 5.82 Å². The van der Waals surface area contributed by atoms with Gasteiger partial charge in [0.25, 0.3) is 0 Å². The van der Waals surface area contributed by atoms with Crippen LogP contribution in [-0.2, 0) is 6.42 Å². The number of benzene rings is 1. The van der Waals surface area contributed by atoms with Crippen molar-refractivity contribution < 1.29 is 9.50 Å². The van der Waals surface area contributed by atoms with Crippen molar-refractivity contribution in [2.24, 2.45) is 5.92 Å². The van der Waals surface area contributed by atoms with Gasteiger partial charge in [-0.1, -0.05) is 19.9 Å². The lowest BCUT2D eigenvalue weighted by Crippen LogP contribution is -2.46. The van der Waals surface area contributed by atoms with Crippen LogP contribution >= 0.6 is 15.9 Å². The number of likely N-dealkylation sites (tertiary alicyclic amines) is 1. The van der Waals surface area contributed by atoms with Crippen molar-refractivity contribution in [3.8, 4) is 0 Å². The monoisotopic (exact) mass is 343 g/mol. The molecule has 0 bridgehead atoms. The Balaban J connectivity index is 1.94. The maximum absolute atomic E-state index is 13.2. The molecule has 1 fully saturated rings. The Morgan fingerprint density at radius 3 is 2.55 bits per heavy atom. The van der Waals surface area contributed by atoms with Crippen LogP contribution in [0.5, 0.6) is 0 Å². The third-order valence-corrected chi connectivity index (χ3v) is 4.54. The number of aliphatic hydroxyl groups is 1. The Morgan fingerprint density at radius 1 is 1.35 bits per heavy atom. The van der Waals surface area contributed by atoms with Crippen molar-refractivity contribution in [3.05, 3.63) is 34.1 Å². The van der Waals surface area contributed by atoms with Crippen LogP contribution in [0.25, 0.3) is 0 Å². The van der Waals surface area contributed by atoms with E-state index < -0.39 is 5.60 Å². The van der Waals surface area contributed by atoms with E-state index in [4.69, 9.17) is 0 Å². The van der Waals surface area contributed by atoms with E-state index in [-0.39, 0.29) is 5.82 Å². The van der Waals surface area contributed by atoms with Crippen LogP contribution in [0.15, 0.2) is 22.7 Å². The molecular weight excluding hydrogens is 321 g/mol. The molecule has 0 amide bonds. The van der Waals surface area contributed by atoms with E-state index in [1.54, 1.807) is 12.1 Å². The topological polar surface area (TPSA) is 23.5 Å². The Hall–Kier alpha value is -0.450. The van der Waals surface area contributed by atoms with Crippen molar-refractivity contribution in [1.82, 2.24) is 4.90 Å². The van der Waals surface area contributed by atoms with Gasteiger partial charge in [-0.2, -0.15) is 0 Å². The zero-order valence-electron chi connectivity index (χ0n) is 12.2. The number of halogens is 2. The van der Waals surface area contributed by atoms with Gasteiger partial charge in [-0.05, 0) is 52.4 Å². The average molecular weight is 344 g/mol. The standard InChI is InChI=1S/C16H23BrFNO/c1-12(2)11-19-7-5-16(20,6-8-19)10-13-3-4-15(18)14(17)9-13/h3-4,9,12,20H,5-8,10-11H2,1-2H3. The summed E-state index contributed by atoms with van der Waals surface area (Å²) in [5.74, 6) is 0.404. The van der Waals surface area contributed by atoms with Crippen LogP contribution in [0.4, 0.5) is 4.39 Å². The summed E-state index contributed by atoms with van der Waals surface area (Å²) in [6.45, 7) is 7.42. The van der Waals surface area contributed by atoms with E-state index in [1.165, 1.54) is 6.07 Å². The van der Waals surface area contributed by atoms with E-state index in [0.717, 1.165) is 38.0 Å². The minimum atomic E-state index is -0.648. The van der Waals surface area contributed by atoms with E-state index in [9.17, 15) is 9.50 Å². The Bertz CT molecular complexity index is 456. The van der Waals surface area contributed by atoms with Gasteiger partial charge in [0, 0.05) is 26.1 Å². The van der Waals surface area contributed by atoms with Crippen LogP contribution in [0.3, 0.4) is 0 Å². The lowest BCUT2D eigenvalue weighted by molar-refractivity contribution is -0.0227. The van der Waals surface area contributed by atoms with Crippen LogP contribution < -0.4 is 0 Å². The number of hydrogen-bond acceptors (Lipinski definition) is 2. The summed E-state index contributed by atoms with van der Waals surface area (Å²) in [5.41, 5.74) is 0.336. The van der Waals surface area contributed by atoms with Gasteiger partial charge in [-0.3, -0.25) is 0 Å². The second-order valence-electron chi connectivity index (χ2n) is 6.34. The zero-order chi connectivity index (χ0) is 14.8. The predicted octanol–water partition coefficient (Wildman–Crippen LogP) is 3.61. The largest absolute Gasteiger partial charge is 0.389 e. The Kier molecular flexibility index (Phi) is 5.21. The van der Waals surface area contributed by atoms with Crippen LogP contribution in [0, 0.1) is 11.7 Å². The highest BCUT2D eigenvalue weighted by atomic mass is 79.9. The van der Waals surface area contributed by atoms with Gasteiger partial charge in [-0.15, -0.1) is 0 Å². The summed E-state index contributed by atoms with van der Waals surface area (Å²) in [6.07, 6.45) is 2.17. The molecule has 0 saturated carbocycles. The first-order valence-corrected chi connectivity index (χ1v) is 8.06. The van der Waals surface area contributed by atoms with E-state index in [0.29, 0.717) is 16.8 Å². The van der Waals surface area contributed by atoms with Gasteiger partial charge in [0.2, 0.25) is 0 Å². The third-order valence-electron chi connectivity index (χ3n) is 3.93. The van der Waals surface area contributed by atoms with Gasteiger partial charge < -0.3 is 10.0 Å². The summed E-state index contributed by atoms with van der Waals surface area (Å²) in [4.78, 5) is 2.42. The summed E-state index contributed by atoms with van der Waals surface area (Å²) in [7, 11) is 0. The van der Waals surface area contributed by atoms with Crippen molar-refractivity contribution in [1.29, 1.82) is 0 Å². The minimum absolute atomic E-state index is 0.257. The van der Waals surface area contributed by atoms with Gasteiger partial charge >= 0.3 is 0 Å². The van der Waals surface area contributed by atoms with Crippen molar-refractivity contribution in [3.63, 3.8) is 0 Å². The Labute approximate surface area is 129 Å². The number of rotatable bonds is 4. The summed E-state index contributed by atoms with van der Waals surface area (Å²) < 4.78 is 13.7. The van der Waals surface area contributed by atoms with Crippen molar-refractivity contribution in [2.75, 3.05) is 19.6 Å². The molecule has 1 saturated heterocycles. The maximum Gasteiger partial charge on any atom is 0.137 e. The average Bonchev–Trinajstić information content (AvgIpc) is 2.36. The molecular formula is C16H23BrFNO. The molecule has 0 radical (unpaired) electrons. The molecule has 1 aliphatic rings. The molecule has 1 aromatic carbocycles. The summed E-state index contributed by atoms with van der Waals surface area (Å²) in [6, 6.07) is 4.99. The molecule has 0 aromatic heterocycles. The first-order chi connectivity index (χ1) is 9.38. The minimum Gasteiger partial charge on any atom is -0.389 e. The highest BCUT2D eigenvalue weighted by Crippen LogP contribution is 2.28. The van der Waals surface area contributed by atoms with Crippen LogP contribution in [0.1, 0.15) is 32.3 Å². The number of piperidine rings is 1. The molecule has 1 N–H and O–H groups in total. The first kappa shape index (κ1) is 15.9. The first-order valence-electron chi connectivity index (χ1n) is 7.27. The van der Waals surface area contributed by atoms with Crippen molar-refractivity contribution in [2.45, 2.75) is 38.7 Å². The van der Waals surface area contributed by atoms with Gasteiger partial charge in [0.15, 0.2) is 0 Å². The predicted molar refractivity (Wildman–Crippen MR) is 83.3 cm³/mol. The fourth-order valence-corrected chi connectivity index (χ4v) is 3.30. The molecule has 0 aliphatic carbocycles. The number of hydrogen-bond donors (Lipinski definition) is 1. The molecule has 0 unspecified atom stereocenters. The fourth-order valence-electron chi connectivity index (χ4n) is 2.87. The Morgan fingerprint density at radius 2 is 2.00 bits per heavy atom. The molecule has 112 valence electrons. The molecule has 4 heteroatoms. The summed E-state index contributed by atoms with van der Waals surface area (Å²) in [5, 5.41) is 10.7. The third kappa shape index (κ3) is 4.27. The molecule has 20 heavy (non-hydrogen) atoms. The van der Waals surface area contributed by atoms with Gasteiger partial charge in [0.05, 0.1) is 10.1 Å². The summed E-state index contributed by atoms with van der Waals surface area (Å²) >= 11 is 3.20. The van der Waals surface area contributed by atoms with Crippen molar-refractivity contribution >= 4 is 15.9 Å². The van der Waals surface area contributed by atoms with Crippen LogP contribution in [0.2, 0.25) is 0 Å². The van der Waals surface area contributed by atoms with Gasteiger partial charge in [-0.25, -0.2) is 4.39 Å². The lowest BCUT2D eigenvalue weighted by atomic mass is 9.85. The maximum atomic E-state index is 13.2. The fraction of sp³-hybridized carbons (Fsp3) is 0.625. The molecule has 0 atom stereocenters. The highest BCUT2D eigenvalue weighted by molar-refractivity contribution is 9.10.